The Hall–Kier alpha value is -1.30. The molecule has 0 saturated heterocycles. The number of carboxylic acids is 1. The van der Waals surface area contributed by atoms with Crippen LogP contribution in [-0.2, 0) is 4.79 Å². The zero-order chi connectivity index (χ0) is 14.2. The number of carboxylic acid groups (broad SMARTS) is 1. The average molecular weight is 369 g/mol. The normalized spacial score (nSPS) is 19.5. The topological polar surface area (TPSA) is 49.3 Å². The summed E-state index contributed by atoms with van der Waals surface area (Å²) in [6, 6.07) is 7.94. The van der Waals surface area contributed by atoms with Crippen LogP contribution in [0.15, 0.2) is 46.8 Å². The highest BCUT2D eigenvalue weighted by molar-refractivity contribution is 14.1. The van der Waals surface area contributed by atoms with Crippen molar-refractivity contribution in [2.75, 3.05) is 0 Å². The Morgan fingerprint density at radius 1 is 1.21 bits per heavy atom. The van der Waals surface area contributed by atoms with Crippen LogP contribution in [0.25, 0.3) is 0 Å². The third-order valence-corrected chi connectivity index (χ3v) is 4.52. The molecular weight excluding hydrogens is 353 g/mol. The van der Waals surface area contributed by atoms with E-state index in [1.165, 1.54) is 0 Å². The van der Waals surface area contributed by atoms with Crippen LogP contribution in [0.4, 0.5) is 0 Å². The molecular formula is C15H16INO2. The lowest BCUT2D eigenvalue weighted by Gasteiger charge is -2.29. The number of carbonyl (C=O) groups is 1. The van der Waals surface area contributed by atoms with Crippen LogP contribution in [0.5, 0.6) is 0 Å². The largest absolute Gasteiger partial charge is 0.478 e. The fourth-order valence-electron chi connectivity index (χ4n) is 2.48. The Bertz CT molecular complexity index is 602. The minimum atomic E-state index is -0.860. The first-order chi connectivity index (χ1) is 8.93. The molecule has 0 bridgehead atoms. The maximum atomic E-state index is 11.6. The fourth-order valence-corrected chi connectivity index (χ4v) is 3.18. The Balaban J connectivity index is 2.65. The van der Waals surface area contributed by atoms with Gasteiger partial charge in [-0.05, 0) is 60.6 Å². The van der Waals surface area contributed by atoms with Crippen molar-refractivity contribution >= 4 is 28.6 Å². The summed E-state index contributed by atoms with van der Waals surface area (Å²) in [5, 5.41) is 12.7. The van der Waals surface area contributed by atoms with Gasteiger partial charge in [0.1, 0.15) is 0 Å². The summed E-state index contributed by atoms with van der Waals surface area (Å²) in [4.78, 5) is 11.6. The Morgan fingerprint density at radius 2 is 1.84 bits per heavy atom. The lowest BCUT2D eigenvalue weighted by molar-refractivity contribution is -0.133. The highest BCUT2D eigenvalue weighted by atomic mass is 127. The van der Waals surface area contributed by atoms with Crippen molar-refractivity contribution in [3.05, 3.63) is 55.9 Å². The third-order valence-electron chi connectivity index (χ3n) is 3.54. The van der Waals surface area contributed by atoms with E-state index in [0.717, 1.165) is 26.1 Å². The predicted octanol–water partition coefficient (Wildman–Crippen LogP) is 3.63. The summed E-state index contributed by atoms with van der Waals surface area (Å²) in [6.45, 7) is 5.80. The van der Waals surface area contributed by atoms with Crippen LogP contribution in [0.3, 0.4) is 0 Å². The van der Waals surface area contributed by atoms with E-state index >= 15 is 0 Å². The molecule has 1 unspecified atom stereocenters. The Morgan fingerprint density at radius 3 is 2.42 bits per heavy atom. The minimum absolute atomic E-state index is 0.174. The Kier molecular flexibility index (Phi) is 3.99. The highest BCUT2D eigenvalue weighted by Gasteiger charge is 2.31. The van der Waals surface area contributed by atoms with Crippen molar-refractivity contribution in [2.45, 2.75) is 26.7 Å². The zero-order valence-corrected chi connectivity index (χ0v) is 13.3. The number of dihydropyridines is 1. The summed E-state index contributed by atoms with van der Waals surface area (Å²) in [6.07, 6.45) is 0. The molecule has 1 atom stereocenters. The molecule has 1 aromatic carbocycles. The van der Waals surface area contributed by atoms with Crippen LogP contribution in [0.1, 0.15) is 32.3 Å². The van der Waals surface area contributed by atoms with Crippen molar-refractivity contribution < 1.29 is 9.90 Å². The van der Waals surface area contributed by atoms with Crippen LogP contribution >= 0.6 is 22.6 Å². The molecule has 0 amide bonds. The molecule has 2 N–H and O–H groups in total. The van der Waals surface area contributed by atoms with Crippen LogP contribution in [0, 0.1) is 3.57 Å². The first-order valence-corrected chi connectivity index (χ1v) is 7.14. The molecule has 0 aromatic heterocycles. The van der Waals surface area contributed by atoms with Crippen LogP contribution < -0.4 is 5.32 Å². The number of hydrogen-bond donors (Lipinski definition) is 2. The molecule has 2 rings (SSSR count). The molecule has 0 fully saturated rings. The van der Waals surface area contributed by atoms with Gasteiger partial charge in [0.25, 0.3) is 0 Å². The second kappa shape index (κ2) is 5.36. The minimum Gasteiger partial charge on any atom is -0.478 e. The molecule has 0 aliphatic carbocycles. The van der Waals surface area contributed by atoms with E-state index in [-0.39, 0.29) is 5.92 Å². The highest BCUT2D eigenvalue weighted by Crippen LogP contribution is 2.39. The number of benzene rings is 1. The maximum absolute atomic E-state index is 11.6. The molecule has 4 heteroatoms. The first kappa shape index (κ1) is 14.1. The SMILES string of the molecule is CC1=C(C)C(c2ccccc2I)C(C(=O)O)=C(C)N1. The molecule has 19 heavy (non-hydrogen) atoms. The smallest absolute Gasteiger partial charge is 0.334 e. The van der Waals surface area contributed by atoms with E-state index < -0.39 is 5.97 Å². The summed E-state index contributed by atoms with van der Waals surface area (Å²) < 4.78 is 1.09. The van der Waals surface area contributed by atoms with Crippen molar-refractivity contribution in [1.29, 1.82) is 0 Å². The molecule has 0 radical (unpaired) electrons. The predicted molar refractivity (Wildman–Crippen MR) is 83.7 cm³/mol. The van der Waals surface area contributed by atoms with Gasteiger partial charge < -0.3 is 10.4 Å². The monoisotopic (exact) mass is 369 g/mol. The summed E-state index contributed by atoms with van der Waals surface area (Å²) in [5.74, 6) is -1.03. The van der Waals surface area contributed by atoms with Crippen molar-refractivity contribution in [3.8, 4) is 0 Å². The van der Waals surface area contributed by atoms with E-state index in [1.54, 1.807) is 0 Å². The molecule has 1 aliphatic rings. The van der Waals surface area contributed by atoms with Gasteiger partial charge in [0, 0.05) is 20.9 Å². The number of nitrogens with one attached hydrogen (secondary N) is 1. The summed E-state index contributed by atoms with van der Waals surface area (Å²) in [7, 11) is 0. The van der Waals surface area contributed by atoms with Gasteiger partial charge >= 0.3 is 5.97 Å². The van der Waals surface area contributed by atoms with Gasteiger partial charge in [-0.2, -0.15) is 0 Å². The fraction of sp³-hybridized carbons (Fsp3) is 0.267. The number of halogens is 1. The van der Waals surface area contributed by atoms with Gasteiger partial charge in [-0.1, -0.05) is 18.2 Å². The maximum Gasteiger partial charge on any atom is 0.334 e. The van der Waals surface area contributed by atoms with Gasteiger partial charge in [0.15, 0.2) is 0 Å². The zero-order valence-electron chi connectivity index (χ0n) is 11.1. The second-order valence-corrected chi connectivity index (χ2v) is 5.89. The van der Waals surface area contributed by atoms with E-state index in [0.29, 0.717) is 5.57 Å². The quantitative estimate of drug-likeness (QED) is 0.783. The van der Waals surface area contributed by atoms with Crippen molar-refractivity contribution in [3.63, 3.8) is 0 Å². The molecule has 1 heterocycles. The number of aliphatic carboxylic acids is 1. The van der Waals surface area contributed by atoms with E-state index in [1.807, 2.05) is 45.0 Å². The van der Waals surface area contributed by atoms with Gasteiger partial charge in [0.2, 0.25) is 0 Å². The van der Waals surface area contributed by atoms with E-state index in [2.05, 4.69) is 27.9 Å². The average Bonchev–Trinajstić information content (AvgIpc) is 2.34. The second-order valence-electron chi connectivity index (χ2n) is 4.73. The lowest BCUT2D eigenvalue weighted by atomic mass is 9.81. The molecule has 3 nitrogen and oxygen atoms in total. The van der Waals surface area contributed by atoms with Gasteiger partial charge in [-0.15, -0.1) is 0 Å². The Labute approximate surface area is 126 Å². The molecule has 0 spiro atoms. The molecule has 1 aliphatic heterocycles. The van der Waals surface area contributed by atoms with E-state index in [4.69, 9.17) is 0 Å². The number of hydrogen-bond acceptors (Lipinski definition) is 2. The van der Waals surface area contributed by atoms with Crippen LogP contribution in [-0.4, -0.2) is 11.1 Å². The third kappa shape index (κ3) is 2.54. The molecule has 0 saturated carbocycles. The van der Waals surface area contributed by atoms with Crippen LogP contribution in [0.2, 0.25) is 0 Å². The van der Waals surface area contributed by atoms with Crippen molar-refractivity contribution in [2.24, 2.45) is 0 Å². The summed E-state index contributed by atoms with van der Waals surface area (Å²) >= 11 is 2.26. The number of rotatable bonds is 2. The summed E-state index contributed by atoms with van der Waals surface area (Å²) in [5.41, 5.74) is 4.31. The van der Waals surface area contributed by atoms with Gasteiger partial charge in [0.05, 0.1) is 5.57 Å². The first-order valence-electron chi connectivity index (χ1n) is 6.06. The van der Waals surface area contributed by atoms with Crippen molar-refractivity contribution in [1.82, 2.24) is 5.32 Å². The number of allylic oxidation sites excluding steroid dienone is 3. The van der Waals surface area contributed by atoms with E-state index in [9.17, 15) is 9.90 Å². The molecule has 1 aromatic rings. The van der Waals surface area contributed by atoms with Gasteiger partial charge in [-0.3, -0.25) is 0 Å². The van der Waals surface area contributed by atoms with Gasteiger partial charge in [-0.25, -0.2) is 4.79 Å². The lowest BCUT2D eigenvalue weighted by Crippen LogP contribution is -2.27. The standard InChI is InChI=1S/C15H16INO2/c1-8-9(2)17-10(3)14(15(18)19)13(8)11-6-4-5-7-12(11)16/h4-7,13,17H,1-3H3,(H,18,19). The molecule has 100 valence electrons.